The summed E-state index contributed by atoms with van der Waals surface area (Å²) in [5, 5.41) is 41.5. The van der Waals surface area contributed by atoms with Gasteiger partial charge in [-0.05, 0) is 23.8 Å². The highest BCUT2D eigenvalue weighted by molar-refractivity contribution is 5.91. The SMILES string of the molecule is COc1cc(/C=C(\C#N)c2nn(CCO)c(N)c2C#N)ccc1O. The van der Waals surface area contributed by atoms with Crippen molar-refractivity contribution in [1.29, 1.82) is 10.5 Å². The fourth-order valence-corrected chi connectivity index (χ4v) is 2.14. The smallest absolute Gasteiger partial charge is 0.161 e. The number of phenolic OH excluding ortho intramolecular Hbond substituents is 1. The summed E-state index contributed by atoms with van der Waals surface area (Å²) in [4.78, 5) is 0. The van der Waals surface area contributed by atoms with Crippen molar-refractivity contribution in [3.8, 4) is 23.6 Å². The van der Waals surface area contributed by atoms with Crippen LogP contribution in [-0.2, 0) is 6.54 Å². The summed E-state index contributed by atoms with van der Waals surface area (Å²) in [7, 11) is 1.42. The molecule has 0 spiro atoms. The summed E-state index contributed by atoms with van der Waals surface area (Å²) < 4.78 is 6.30. The fraction of sp³-hybridized carbons (Fsp3) is 0.188. The number of aromatic hydroxyl groups is 1. The van der Waals surface area contributed by atoms with E-state index in [0.717, 1.165) is 0 Å². The Morgan fingerprint density at radius 1 is 1.46 bits per heavy atom. The number of benzene rings is 1. The molecule has 0 aliphatic rings. The standard InChI is InChI=1S/C16H15N5O3/c1-24-14-7-10(2-3-13(14)23)6-11(8-17)15-12(9-18)16(19)21(20-15)4-5-22/h2-3,6-7,22-23H,4-5,19H2,1H3/b11-6+. The number of anilines is 1. The number of nitrogen functional groups attached to an aromatic ring is 1. The minimum Gasteiger partial charge on any atom is -0.504 e. The molecule has 0 radical (unpaired) electrons. The van der Waals surface area contributed by atoms with Crippen LogP contribution in [0.15, 0.2) is 18.2 Å². The lowest BCUT2D eigenvalue weighted by Gasteiger charge is -2.04. The van der Waals surface area contributed by atoms with Gasteiger partial charge >= 0.3 is 0 Å². The van der Waals surface area contributed by atoms with Gasteiger partial charge in [-0.15, -0.1) is 0 Å². The lowest BCUT2D eigenvalue weighted by atomic mass is 10.1. The van der Waals surface area contributed by atoms with Crippen LogP contribution in [0.2, 0.25) is 0 Å². The highest BCUT2D eigenvalue weighted by Crippen LogP contribution is 2.29. The van der Waals surface area contributed by atoms with Crippen molar-refractivity contribution in [2.24, 2.45) is 0 Å². The van der Waals surface area contributed by atoms with Crippen LogP contribution in [-0.4, -0.2) is 33.7 Å². The zero-order chi connectivity index (χ0) is 17.7. The molecule has 0 atom stereocenters. The molecule has 24 heavy (non-hydrogen) atoms. The number of ether oxygens (including phenoxy) is 1. The second kappa shape index (κ2) is 7.18. The number of aromatic nitrogens is 2. The van der Waals surface area contributed by atoms with Crippen LogP contribution >= 0.6 is 0 Å². The first-order valence-corrected chi connectivity index (χ1v) is 6.92. The molecule has 1 heterocycles. The molecular weight excluding hydrogens is 310 g/mol. The van der Waals surface area contributed by atoms with E-state index in [2.05, 4.69) is 5.10 Å². The Hall–Kier alpha value is -3.49. The first kappa shape index (κ1) is 16.9. The van der Waals surface area contributed by atoms with E-state index in [1.54, 1.807) is 12.1 Å². The molecule has 0 aliphatic carbocycles. The first-order chi connectivity index (χ1) is 11.5. The van der Waals surface area contributed by atoms with Gasteiger partial charge in [0, 0.05) is 0 Å². The summed E-state index contributed by atoms with van der Waals surface area (Å²) >= 11 is 0. The van der Waals surface area contributed by atoms with Crippen LogP contribution in [0, 0.1) is 22.7 Å². The number of allylic oxidation sites excluding steroid dienone is 1. The van der Waals surface area contributed by atoms with Gasteiger partial charge in [-0.3, -0.25) is 0 Å². The van der Waals surface area contributed by atoms with E-state index in [1.807, 2.05) is 12.1 Å². The molecule has 8 nitrogen and oxygen atoms in total. The zero-order valence-corrected chi connectivity index (χ0v) is 12.9. The quantitative estimate of drug-likeness (QED) is 0.699. The van der Waals surface area contributed by atoms with Gasteiger partial charge in [-0.25, -0.2) is 4.68 Å². The molecule has 1 aromatic carbocycles. The van der Waals surface area contributed by atoms with Gasteiger partial charge in [-0.1, -0.05) is 6.07 Å². The van der Waals surface area contributed by atoms with Gasteiger partial charge in [0.05, 0.1) is 25.8 Å². The van der Waals surface area contributed by atoms with Crippen molar-refractivity contribution in [3.05, 3.63) is 35.0 Å². The number of nitriles is 2. The van der Waals surface area contributed by atoms with Crippen LogP contribution in [0.25, 0.3) is 11.6 Å². The summed E-state index contributed by atoms with van der Waals surface area (Å²) in [5.74, 6) is 0.320. The van der Waals surface area contributed by atoms with Crippen LogP contribution in [0.1, 0.15) is 16.8 Å². The third-order valence-electron chi connectivity index (χ3n) is 3.31. The van der Waals surface area contributed by atoms with Crippen LogP contribution in [0.3, 0.4) is 0 Å². The van der Waals surface area contributed by atoms with E-state index in [0.29, 0.717) is 5.56 Å². The monoisotopic (exact) mass is 325 g/mol. The molecule has 0 unspecified atom stereocenters. The molecule has 0 saturated carbocycles. The van der Waals surface area contributed by atoms with Crippen molar-refractivity contribution >= 4 is 17.5 Å². The van der Waals surface area contributed by atoms with Gasteiger partial charge in [0.25, 0.3) is 0 Å². The third kappa shape index (κ3) is 3.14. The fourth-order valence-electron chi connectivity index (χ4n) is 2.14. The number of rotatable bonds is 5. The molecule has 0 aliphatic heterocycles. The molecule has 2 aromatic rings. The van der Waals surface area contributed by atoms with Crippen LogP contribution in [0.5, 0.6) is 11.5 Å². The lowest BCUT2D eigenvalue weighted by molar-refractivity contribution is 0.270. The number of nitrogens with zero attached hydrogens (tertiary/aromatic N) is 4. The van der Waals surface area contributed by atoms with E-state index in [-0.39, 0.29) is 47.3 Å². The average Bonchev–Trinajstić information content (AvgIpc) is 2.90. The van der Waals surface area contributed by atoms with E-state index in [9.17, 15) is 15.6 Å². The number of methoxy groups -OCH3 is 1. The minimum absolute atomic E-state index is 0.0256. The van der Waals surface area contributed by atoms with Crippen molar-refractivity contribution in [1.82, 2.24) is 9.78 Å². The highest BCUT2D eigenvalue weighted by atomic mass is 16.5. The summed E-state index contributed by atoms with van der Waals surface area (Å²) in [6.45, 7) is -0.0802. The lowest BCUT2D eigenvalue weighted by Crippen LogP contribution is -2.07. The largest absolute Gasteiger partial charge is 0.504 e. The second-order valence-corrected chi connectivity index (χ2v) is 4.77. The van der Waals surface area contributed by atoms with Crippen LogP contribution < -0.4 is 10.5 Å². The molecule has 1 aromatic heterocycles. The molecule has 0 fully saturated rings. The maximum atomic E-state index is 9.61. The number of phenols is 1. The number of aliphatic hydroxyl groups is 1. The molecule has 0 saturated heterocycles. The Morgan fingerprint density at radius 2 is 2.21 bits per heavy atom. The zero-order valence-electron chi connectivity index (χ0n) is 12.9. The second-order valence-electron chi connectivity index (χ2n) is 4.77. The molecule has 8 heteroatoms. The Labute approximate surface area is 138 Å². The van der Waals surface area contributed by atoms with E-state index in [1.165, 1.54) is 23.9 Å². The first-order valence-electron chi connectivity index (χ1n) is 6.92. The minimum atomic E-state index is -0.197. The number of nitrogens with two attached hydrogens (primary N) is 1. The van der Waals surface area contributed by atoms with Gasteiger partial charge in [-0.2, -0.15) is 15.6 Å². The van der Waals surface area contributed by atoms with Gasteiger partial charge in [0.15, 0.2) is 11.5 Å². The Morgan fingerprint density at radius 3 is 2.79 bits per heavy atom. The maximum absolute atomic E-state index is 9.61. The molecular formula is C16H15N5O3. The third-order valence-corrected chi connectivity index (χ3v) is 3.31. The Balaban J connectivity index is 2.55. The molecule has 0 bridgehead atoms. The van der Waals surface area contributed by atoms with Crippen molar-refractivity contribution < 1.29 is 14.9 Å². The predicted octanol–water partition coefficient (Wildman–Crippen LogP) is 1.11. The van der Waals surface area contributed by atoms with Crippen molar-refractivity contribution in [2.75, 3.05) is 19.5 Å². The average molecular weight is 325 g/mol. The van der Waals surface area contributed by atoms with Gasteiger partial charge in [0.2, 0.25) is 0 Å². The predicted molar refractivity (Wildman–Crippen MR) is 86.6 cm³/mol. The van der Waals surface area contributed by atoms with Crippen molar-refractivity contribution in [2.45, 2.75) is 6.54 Å². The number of hydrogen-bond acceptors (Lipinski definition) is 7. The number of aliphatic hydroxyl groups excluding tert-OH is 1. The summed E-state index contributed by atoms with van der Waals surface area (Å²) in [6, 6.07) is 8.49. The Bertz CT molecular complexity index is 871. The molecule has 2 rings (SSSR count). The number of hydrogen-bond donors (Lipinski definition) is 3. The molecule has 4 N–H and O–H groups in total. The van der Waals surface area contributed by atoms with E-state index >= 15 is 0 Å². The van der Waals surface area contributed by atoms with E-state index in [4.69, 9.17) is 15.6 Å². The highest BCUT2D eigenvalue weighted by Gasteiger charge is 2.18. The van der Waals surface area contributed by atoms with Crippen molar-refractivity contribution in [3.63, 3.8) is 0 Å². The summed E-state index contributed by atoms with van der Waals surface area (Å²) in [5.41, 5.74) is 6.75. The summed E-state index contributed by atoms with van der Waals surface area (Å²) in [6.07, 6.45) is 1.51. The van der Waals surface area contributed by atoms with Crippen LogP contribution in [0.4, 0.5) is 5.82 Å². The molecule has 122 valence electrons. The Kier molecular flexibility index (Phi) is 5.05. The van der Waals surface area contributed by atoms with Gasteiger partial charge < -0.3 is 20.7 Å². The van der Waals surface area contributed by atoms with Gasteiger partial charge in [0.1, 0.15) is 29.2 Å². The molecule has 0 amide bonds. The topological polar surface area (TPSA) is 141 Å². The maximum Gasteiger partial charge on any atom is 0.161 e. The van der Waals surface area contributed by atoms with E-state index < -0.39 is 0 Å². The normalized spacial score (nSPS) is 10.9.